The largest absolute Gasteiger partial charge is 0.456 e. The highest BCUT2D eigenvalue weighted by Gasteiger charge is 2.37. The van der Waals surface area contributed by atoms with Gasteiger partial charge in [0.1, 0.15) is 6.61 Å². The first-order valence-corrected chi connectivity index (χ1v) is 10.1. The second kappa shape index (κ2) is 8.69. The number of halogens is 6. The third-order valence-electron chi connectivity index (χ3n) is 5.24. The summed E-state index contributed by atoms with van der Waals surface area (Å²) in [6.45, 7) is 2.91. The Hall–Kier alpha value is -3.09. The molecule has 1 saturated heterocycles. The average molecular weight is 475 g/mol. The highest BCUT2D eigenvalue weighted by atomic mass is 19.4. The van der Waals surface area contributed by atoms with Crippen molar-refractivity contribution in [3.05, 3.63) is 46.6 Å². The number of carbonyl (C=O) groups excluding carboxylic acids is 1. The SMILES string of the molecule is O=C(OCc1cc(C(F)(F)F)cc(C(F)(F)F)c1)C1=NCCn2nc(N3CCNCC3)cc21. The normalized spacial score (nSPS) is 16.9. The van der Waals surface area contributed by atoms with Crippen LogP contribution < -0.4 is 10.2 Å². The molecule has 2 aromatic rings. The molecule has 1 aromatic heterocycles. The molecule has 0 radical (unpaired) electrons. The molecule has 7 nitrogen and oxygen atoms in total. The van der Waals surface area contributed by atoms with Gasteiger partial charge in [-0.05, 0) is 23.8 Å². The van der Waals surface area contributed by atoms with Crippen molar-refractivity contribution < 1.29 is 35.9 Å². The molecule has 13 heteroatoms. The zero-order chi connectivity index (χ0) is 23.8. The van der Waals surface area contributed by atoms with Crippen LogP contribution in [0.3, 0.4) is 0 Å². The third kappa shape index (κ3) is 5.13. The van der Waals surface area contributed by atoms with Crippen LogP contribution in [0.1, 0.15) is 22.4 Å². The summed E-state index contributed by atoms with van der Waals surface area (Å²) in [5.74, 6) is -0.296. The predicted molar refractivity (Wildman–Crippen MR) is 105 cm³/mol. The number of alkyl halides is 6. The molecule has 0 unspecified atom stereocenters. The maximum absolute atomic E-state index is 13.0. The maximum atomic E-state index is 13.0. The number of ether oxygens (including phenoxy) is 1. The number of benzene rings is 1. The van der Waals surface area contributed by atoms with E-state index in [2.05, 4.69) is 15.4 Å². The van der Waals surface area contributed by atoms with Crippen molar-refractivity contribution in [2.45, 2.75) is 25.5 Å². The Bertz CT molecular complexity index is 1040. The van der Waals surface area contributed by atoms with Gasteiger partial charge >= 0.3 is 18.3 Å². The van der Waals surface area contributed by atoms with Crippen LogP contribution in [0, 0.1) is 0 Å². The Morgan fingerprint density at radius 2 is 1.61 bits per heavy atom. The van der Waals surface area contributed by atoms with Gasteiger partial charge in [0, 0.05) is 32.2 Å². The zero-order valence-electron chi connectivity index (χ0n) is 17.1. The summed E-state index contributed by atoms with van der Waals surface area (Å²) >= 11 is 0. The highest BCUT2D eigenvalue weighted by molar-refractivity contribution is 6.43. The van der Waals surface area contributed by atoms with Crippen molar-refractivity contribution >= 4 is 17.5 Å². The van der Waals surface area contributed by atoms with E-state index in [-0.39, 0.29) is 18.3 Å². The van der Waals surface area contributed by atoms with Crippen LogP contribution in [0.4, 0.5) is 32.2 Å². The van der Waals surface area contributed by atoms with E-state index >= 15 is 0 Å². The molecule has 2 aliphatic heterocycles. The Kier molecular flexibility index (Phi) is 6.08. The summed E-state index contributed by atoms with van der Waals surface area (Å²) < 4.78 is 84.8. The lowest BCUT2D eigenvalue weighted by molar-refractivity contribution is -0.143. The summed E-state index contributed by atoms with van der Waals surface area (Å²) in [5, 5.41) is 7.70. The monoisotopic (exact) mass is 475 g/mol. The van der Waals surface area contributed by atoms with Gasteiger partial charge in [0.05, 0.1) is 29.9 Å². The van der Waals surface area contributed by atoms with Gasteiger partial charge in [0.2, 0.25) is 0 Å². The summed E-state index contributed by atoms with van der Waals surface area (Å²) in [7, 11) is 0. The van der Waals surface area contributed by atoms with Gasteiger partial charge in [-0.15, -0.1) is 0 Å². The van der Waals surface area contributed by atoms with E-state index in [0.29, 0.717) is 30.2 Å². The summed E-state index contributed by atoms with van der Waals surface area (Å²) in [6, 6.07) is 2.75. The van der Waals surface area contributed by atoms with E-state index < -0.39 is 41.6 Å². The van der Waals surface area contributed by atoms with Crippen LogP contribution in [-0.2, 0) is 35.0 Å². The number of aliphatic imine (C=N–C) groups is 1. The van der Waals surface area contributed by atoms with E-state index in [1.54, 1.807) is 10.7 Å². The van der Waals surface area contributed by atoms with Crippen LogP contribution in [0.15, 0.2) is 29.3 Å². The minimum atomic E-state index is -4.99. The van der Waals surface area contributed by atoms with E-state index in [4.69, 9.17) is 4.74 Å². The fourth-order valence-corrected chi connectivity index (χ4v) is 3.64. The van der Waals surface area contributed by atoms with Crippen LogP contribution in [0.25, 0.3) is 0 Å². The van der Waals surface area contributed by atoms with Crippen LogP contribution >= 0.6 is 0 Å². The number of hydrogen-bond acceptors (Lipinski definition) is 6. The molecule has 33 heavy (non-hydrogen) atoms. The lowest BCUT2D eigenvalue weighted by atomic mass is 10.1. The summed E-state index contributed by atoms with van der Waals surface area (Å²) in [5.41, 5.74) is -3.07. The summed E-state index contributed by atoms with van der Waals surface area (Å²) in [6.07, 6.45) is -9.97. The van der Waals surface area contributed by atoms with Gasteiger partial charge < -0.3 is 15.0 Å². The lowest BCUT2D eigenvalue weighted by Crippen LogP contribution is -2.43. The van der Waals surface area contributed by atoms with E-state index in [9.17, 15) is 31.1 Å². The summed E-state index contributed by atoms with van der Waals surface area (Å²) in [4.78, 5) is 18.8. The van der Waals surface area contributed by atoms with Crippen molar-refractivity contribution in [3.8, 4) is 0 Å². The average Bonchev–Trinajstić information content (AvgIpc) is 3.21. The smallest absolute Gasteiger partial charge is 0.416 e. The number of esters is 1. The highest BCUT2D eigenvalue weighted by Crippen LogP contribution is 2.36. The molecule has 1 N–H and O–H groups in total. The molecule has 1 fully saturated rings. The first-order chi connectivity index (χ1) is 15.5. The second-order valence-electron chi connectivity index (χ2n) is 7.57. The van der Waals surface area contributed by atoms with Crippen molar-refractivity contribution in [2.75, 3.05) is 37.6 Å². The van der Waals surface area contributed by atoms with Gasteiger partial charge in [0.15, 0.2) is 11.5 Å². The van der Waals surface area contributed by atoms with E-state index in [1.165, 1.54) is 0 Å². The standard InChI is InChI=1S/C20H19F6N5O2/c21-19(22,23)13-7-12(8-14(9-13)20(24,25)26)11-33-18(32)17-15-10-16(29-31(15)6-3-28-17)30-4-1-27-2-5-30/h7-10,27H,1-6,11H2. The number of carbonyl (C=O) groups is 1. The fourth-order valence-electron chi connectivity index (χ4n) is 3.64. The molecule has 2 aliphatic rings. The lowest BCUT2D eigenvalue weighted by Gasteiger charge is -2.27. The minimum absolute atomic E-state index is 0.0206. The van der Waals surface area contributed by atoms with Crippen molar-refractivity contribution in [3.63, 3.8) is 0 Å². The molecule has 0 spiro atoms. The van der Waals surface area contributed by atoms with Gasteiger partial charge in [-0.1, -0.05) is 0 Å². The molecule has 4 rings (SSSR count). The molecule has 0 bridgehead atoms. The Balaban J connectivity index is 1.52. The van der Waals surface area contributed by atoms with Crippen molar-refractivity contribution in [1.29, 1.82) is 0 Å². The minimum Gasteiger partial charge on any atom is -0.456 e. The van der Waals surface area contributed by atoms with Crippen molar-refractivity contribution in [1.82, 2.24) is 15.1 Å². The fraction of sp³-hybridized carbons (Fsp3) is 0.450. The molecule has 0 saturated carbocycles. The van der Waals surface area contributed by atoms with Gasteiger partial charge in [-0.25, -0.2) is 4.79 Å². The van der Waals surface area contributed by atoms with Gasteiger partial charge in [-0.2, -0.15) is 31.4 Å². The van der Waals surface area contributed by atoms with Crippen LogP contribution in [0.5, 0.6) is 0 Å². The first kappa shape index (κ1) is 23.1. The molecule has 0 aliphatic carbocycles. The molecule has 0 atom stereocenters. The second-order valence-corrected chi connectivity index (χ2v) is 7.57. The number of piperazine rings is 1. The Labute approximate surface area is 184 Å². The number of aromatic nitrogens is 2. The molecule has 3 heterocycles. The maximum Gasteiger partial charge on any atom is 0.416 e. The number of anilines is 1. The zero-order valence-corrected chi connectivity index (χ0v) is 17.1. The molecular weight excluding hydrogens is 456 g/mol. The molecule has 1 aromatic carbocycles. The Morgan fingerprint density at radius 1 is 0.970 bits per heavy atom. The molecule has 0 amide bonds. The quantitative estimate of drug-likeness (QED) is 0.544. The van der Waals surface area contributed by atoms with E-state index in [0.717, 1.165) is 26.2 Å². The third-order valence-corrected chi connectivity index (χ3v) is 5.24. The molecule has 178 valence electrons. The number of nitrogens with zero attached hydrogens (tertiary/aromatic N) is 4. The van der Waals surface area contributed by atoms with Crippen molar-refractivity contribution in [2.24, 2.45) is 4.99 Å². The molecular formula is C20H19F6N5O2. The predicted octanol–water partition coefficient (Wildman–Crippen LogP) is 2.88. The van der Waals surface area contributed by atoms with Crippen LogP contribution in [0.2, 0.25) is 0 Å². The van der Waals surface area contributed by atoms with Gasteiger partial charge in [-0.3, -0.25) is 9.67 Å². The number of nitrogens with one attached hydrogen (secondary N) is 1. The van der Waals surface area contributed by atoms with Crippen LogP contribution in [-0.4, -0.2) is 54.2 Å². The number of rotatable bonds is 4. The first-order valence-electron chi connectivity index (χ1n) is 10.1. The topological polar surface area (TPSA) is 71.8 Å². The number of fused-ring (bicyclic) bond motifs is 1. The van der Waals surface area contributed by atoms with E-state index in [1.807, 2.05) is 4.90 Å². The Morgan fingerprint density at radius 3 is 2.21 bits per heavy atom. The van der Waals surface area contributed by atoms with Gasteiger partial charge in [0.25, 0.3) is 0 Å². The number of hydrogen-bond donors (Lipinski definition) is 1.